The molecule has 0 unspecified atom stereocenters. The predicted molar refractivity (Wildman–Crippen MR) is 74.1 cm³/mol. The molecule has 5 nitrogen and oxygen atoms in total. The van der Waals surface area contributed by atoms with Crippen molar-refractivity contribution in [1.29, 1.82) is 0 Å². The Labute approximate surface area is 113 Å². The zero-order chi connectivity index (χ0) is 14.4. The number of anilines is 1. The maximum absolute atomic E-state index is 11.9. The van der Waals surface area contributed by atoms with Gasteiger partial charge in [0.15, 0.2) is 0 Å². The van der Waals surface area contributed by atoms with Crippen LogP contribution in [0.5, 0.6) is 0 Å². The molecule has 19 heavy (non-hydrogen) atoms. The fourth-order valence-electron chi connectivity index (χ4n) is 1.53. The van der Waals surface area contributed by atoms with Gasteiger partial charge in [0.05, 0.1) is 0 Å². The summed E-state index contributed by atoms with van der Waals surface area (Å²) in [5, 5.41) is 14.1. The Bertz CT molecular complexity index is 470. The summed E-state index contributed by atoms with van der Waals surface area (Å²) in [5.41, 5.74) is 1.93. The average Bonchev–Trinajstić information content (AvgIpc) is 2.37. The number of rotatable bonds is 5. The van der Waals surface area contributed by atoms with E-state index in [2.05, 4.69) is 10.6 Å². The maximum Gasteiger partial charge on any atom is 0.251 e. The van der Waals surface area contributed by atoms with Gasteiger partial charge in [-0.15, -0.1) is 0 Å². The minimum Gasteiger partial charge on any atom is -0.387 e. The van der Waals surface area contributed by atoms with Crippen molar-refractivity contribution in [3.63, 3.8) is 0 Å². The van der Waals surface area contributed by atoms with E-state index in [0.29, 0.717) is 23.7 Å². The van der Waals surface area contributed by atoms with Crippen LogP contribution >= 0.6 is 0 Å². The number of amides is 2. The van der Waals surface area contributed by atoms with Crippen molar-refractivity contribution in [3.05, 3.63) is 29.3 Å². The molecule has 0 fully saturated rings. The molecule has 0 radical (unpaired) electrons. The van der Waals surface area contributed by atoms with E-state index >= 15 is 0 Å². The summed E-state index contributed by atoms with van der Waals surface area (Å²) in [5.74, 6) is -0.204. The van der Waals surface area contributed by atoms with E-state index in [9.17, 15) is 9.59 Å². The van der Waals surface area contributed by atoms with Gasteiger partial charge < -0.3 is 15.7 Å². The molecular formula is C14H20N2O3. The quantitative estimate of drug-likeness (QED) is 0.750. The van der Waals surface area contributed by atoms with Crippen LogP contribution < -0.4 is 10.6 Å². The first-order valence-electron chi connectivity index (χ1n) is 6.23. The Morgan fingerprint density at radius 3 is 2.53 bits per heavy atom. The van der Waals surface area contributed by atoms with E-state index in [-0.39, 0.29) is 5.91 Å². The number of aliphatic hydroxyl groups excluding tert-OH is 1. The lowest BCUT2D eigenvalue weighted by Gasteiger charge is -2.11. The molecule has 0 aliphatic rings. The van der Waals surface area contributed by atoms with Crippen molar-refractivity contribution in [1.82, 2.24) is 5.32 Å². The van der Waals surface area contributed by atoms with Crippen LogP contribution in [-0.4, -0.2) is 30.1 Å². The molecule has 0 spiro atoms. The standard InChI is InChI=1S/C14H20N2O3/c1-9(2)7-15-14(19)11-4-5-12(10(3)6-11)16-13(18)8-17/h4-6,9,17H,7-8H2,1-3H3,(H,15,19)(H,16,18). The Balaban J connectivity index is 2.76. The molecule has 1 aromatic carbocycles. The van der Waals surface area contributed by atoms with Gasteiger partial charge in [-0.3, -0.25) is 9.59 Å². The highest BCUT2D eigenvalue weighted by atomic mass is 16.3. The van der Waals surface area contributed by atoms with E-state index in [1.807, 2.05) is 13.8 Å². The summed E-state index contributed by atoms with van der Waals surface area (Å²) < 4.78 is 0. The number of hydrogen-bond acceptors (Lipinski definition) is 3. The lowest BCUT2D eigenvalue weighted by molar-refractivity contribution is -0.118. The van der Waals surface area contributed by atoms with Gasteiger partial charge in [-0.05, 0) is 36.6 Å². The van der Waals surface area contributed by atoms with Gasteiger partial charge in [0.2, 0.25) is 5.91 Å². The van der Waals surface area contributed by atoms with Crippen LogP contribution in [0, 0.1) is 12.8 Å². The van der Waals surface area contributed by atoms with Crippen LogP contribution in [0.1, 0.15) is 29.8 Å². The summed E-state index contributed by atoms with van der Waals surface area (Å²) >= 11 is 0. The molecule has 0 aromatic heterocycles. The molecule has 0 saturated heterocycles. The summed E-state index contributed by atoms with van der Waals surface area (Å²) in [6.45, 7) is 5.92. The molecule has 0 aliphatic heterocycles. The van der Waals surface area contributed by atoms with Crippen molar-refractivity contribution in [2.45, 2.75) is 20.8 Å². The third-order valence-electron chi connectivity index (χ3n) is 2.58. The average molecular weight is 264 g/mol. The summed E-state index contributed by atoms with van der Waals surface area (Å²) in [6.07, 6.45) is 0. The van der Waals surface area contributed by atoms with Crippen LogP contribution in [0.15, 0.2) is 18.2 Å². The summed E-state index contributed by atoms with van der Waals surface area (Å²) in [6, 6.07) is 5.02. The fraction of sp³-hybridized carbons (Fsp3) is 0.429. The molecule has 1 rings (SSSR count). The largest absolute Gasteiger partial charge is 0.387 e. The molecule has 0 aliphatic carbocycles. The highest BCUT2D eigenvalue weighted by molar-refractivity contribution is 5.96. The fourth-order valence-corrected chi connectivity index (χ4v) is 1.53. The lowest BCUT2D eigenvalue weighted by atomic mass is 10.1. The second kappa shape index (κ2) is 6.89. The number of aliphatic hydroxyl groups is 1. The number of hydrogen-bond donors (Lipinski definition) is 3. The number of benzene rings is 1. The number of carbonyl (C=O) groups is 2. The number of carbonyl (C=O) groups excluding carboxylic acids is 2. The van der Waals surface area contributed by atoms with Crippen molar-refractivity contribution in [2.75, 3.05) is 18.5 Å². The van der Waals surface area contributed by atoms with Crippen LogP contribution in [-0.2, 0) is 4.79 Å². The smallest absolute Gasteiger partial charge is 0.251 e. The van der Waals surface area contributed by atoms with E-state index in [1.165, 1.54) is 0 Å². The number of aryl methyl sites for hydroxylation is 1. The molecule has 0 heterocycles. The predicted octanol–water partition coefficient (Wildman–Crippen LogP) is 1.31. The van der Waals surface area contributed by atoms with Gasteiger partial charge >= 0.3 is 0 Å². The van der Waals surface area contributed by atoms with Crippen LogP contribution in [0.2, 0.25) is 0 Å². The Morgan fingerprint density at radius 1 is 1.32 bits per heavy atom. The zero-order valence-electron chi connectivity index (χ0n) is 11.5. The second-order valence-corrected chi connectivity index (χ2v) is 4.84. The monoisotopic (exact) mass is 264 g/mol. The van der Waals surface area contributed by atoms with Gasteiger partial charge in [0.1, 0.15) is 6.61 Å². The molecule has 0 saturated carbocycles. The molecular weight excluding hydrogens is 244 g/mol. The normalized spacial score (nSPS) is 10.4. The van der Waals surface area contributed by atoms with Crippen molar-refractivity contribution in [3.8, 4) is 0 Å². The van der Waals surface area contributed by atoms with Crippen LogP contribution in [0.25, 0.3) is 0 Å². The Hall–Kier alpha value is -1.88. The third-order valence-corrected chi connectivity index (χ3v) is 2.58. The summed E-state index contributed by atoms with van der Waals surface area (Å²) in [4.78, 5) is 22.9. The van der Waals surface area contributed by atoms with Gasteiger partial charge in [-0.2, -0.15) is 0 Å². The SMILES string of the molecule is Cc1cc(C(=O)NCC(C)C)ccc1NC(=O)CO. The van der Waals surface area contributed by atoms with E-state index in [0.717, 1.165) is 5.56 Å². The van der Waals surface area contributed by atoms with E-state index in [1.54, 1.807) is 25.1 Å². The first-order chi connectivity index (χ1) is 8.93. The van der Waals surface area contributed by atoms with E-state index < -0.39 is 12.5 Å². The minimum atomic E-state index is -0.559. The lowest BCUT2D eigenvalue weighted by Crippen LogP contribution is -2.27. The molecule has 0 atom stereocenters. The van der Waals surface area contributed by atoms with Crippen molar-refractivity contribution >= 4 is 17.5 Å². The molecule has 1 aromatic rings. The molecule has 104 valence electrons. The molecule has 2 amide bonds. The van der Waals surface area contributed by atoms with Gasteiger partial charge in [0.25, 0.3) is 5.91 Å². The van der Waals surface area contributed by atoms with Gasteiger partial charge in [-0.1, -0.05) is 13.8 Å². The van der Waals surface area contributed by atoms with Gasteiger partial charge in [-0.25, -0.2) is 0 Å². The molecule has 0 bridgehead atoms. The summed E-state index contributed by atoms with van der Waals surface area (Å²) in [7, 11) is 0. The topological polar surface area (TPSA) is 78.4 Å². The zero-order valence-corrected chi connectivity index (χ0v) is 11.5. The first-order valence-corrected chi connectivity index (χ1v) is 6.23. The Morgan fingerprint density at radius 2 is 2.00 bits per heavy atom. The first kappa shape index (κ1) is 15.2. The van der Waals surface area contributed by atoms with Crippen LogP contribution in [0.4, 0.5) is 5.69 Å². The maximum atomic E-state index is 11.9. The minimum absolute atomic E-state index is 0.128. The third kappa shape index (κ3) is 4.71. The molecule has 3 N–H and O–H groups in total. The highest BCUT2D eigenvalue weighted by Gasteiger charge is 2.09. The number of nitrogens with one attached hydrogen (secondary N) is 2. The van der Waals surface area contributed by atoms with Crippen molar-refractivity contribution in [2.24, 2.45) is 5.92 Å². The Kier molecular flexibility index (Phi) is 5.51. The van der Waals surface area contributed by atoms with Gasteiger partial charge in [0, 0.05) is 17.8 Å². The van der Waals surface area contributed by atoms with Crippen LogP contribution in [0.3, 0.4) is 0 Å². The highest BCUT2D eigenvalue weighted by Crippen LogP contribution is 2.16. The van der Waals surface area contributed by atoms with E-state index in [4.69, 9.17) is 5.11 Å². The molecule has 5 heteroatoms. The second-order valence-electron chi connectivity index (χ2n) is 4.84. The van der Waals surface area contributed by atoms with Crippen molar-refractivity contribution < 1.29 is 14.7 Å².